The standard InChI is InChI=1S/C17H18N2O3/c1-12(22-14-8-4-3-5-9-14)17(21)19-16-11-7-6-10-15(16)18-13(2)20/h3-12H,1-2H3,(H,18,20)(H,19,21)/t12-/m0/s1. The van der Waals surface area contributed by atoms with Crippen LogP contribution in [0.2, 0.25) is 0 Å². The van der Waals surface area contributed by atoms with Gasteiger partial charge in [-0.25, -0.2) is 0 Å². The summed E-state index contributed by atoms with van der Waals surface area (Å²) < 4.78 is 5.57. The maximum atomic E-state index is 12.2. The molecule has 114 valence electrons. The van der Waals surface area contributed by atoms with Gasteiger partial charge in [0.2, 0.25) is 5.91 Å². The van der Waals surface area contributed by atoms with E-state index in [1.54, 1.807) is 43.3 Å². The molecule has 0 bridgehead atoms. The van der Waals surface area contributed by atoms with Crippen LogP contribution in [-0.2, 0) is 9.59 Å². The van der Waals surface area contributed by atoms with Crippen molar-refractivity contribution in [1.82, 2.24) is 0 Å². The van der Waals surface area contributed by atoms with Crippen molar-refractivity contribution in [3.63, 3.8) is 0 Å². The maximum Gasteiger partial charge on any atom is 0.265 e. The molecule has 0 saturated carbocycles. The molecule has 0 unspecified atom stereocenters. The number of amides is 2. The fourth-order valence-corrected chi connectivity index (χ4v) is 1.88. The van der Waals surface area contributed by atoms with Crippen molar-refractivity contribution in [3.05, 3.63) is 54.6 Å². The van der Waals surface area contributed by atoms with Crippen LogP contribution in [0.15, 0.2) is 54.6 Å². The van der Waals surface area contributed by atoms with Gasteiger partial charge in [0.05, 0.1) is 11.4 Å². The van der Waals surface area contributed by atoms with Crippen molar-refractivity contribution < 1.29 is 14.3 Å². The summed E-state index contributed by atoms with van der Waals surface area (Å²) in [6.07, 6.45) is -0.659. The van der Waals surface area contributed by atoms with E-state index in [-0.39, 0.29) is 11.8 Å². The van der Waals surface area contributed by atoms with Gasteiger partial charge in [-0.15, -0.1) is 0 Å². The first kappa shape index (κ1) is 15.6. The first-order valence-electron chi connectivity index (χ1n) is 6.95. The van der Waals surface area contributed by atoms with Gasteiger partial charge in [-0.2, -0.15) is 0 Å². The average molecular weight is 298 g/mol. The van der Waals surface area contributed by atoms with Crippen LogP contribution in [0.4, 0.5) is 11.4 Å². The quantitative estimate of drug-likeness (QED) is 0.891. The lowest BCUT2D eigenvalue weighted by atomic mass is 10.2. The van der Waals surface area contributed by atoms with Gasteiger partial charge in [0, 0.05) is 6.92 Å². The van der Waals surface area contributed by atoms with E-state index in [1.165, 1.54) is 6.92 Å². The highest BCUT2D eigenvalue weighted by Crippen LogP contribution is 2.21. The number of anilines is 2. The molecule has 0 heterocycles. The minimum absolute atomic E-state index is 0.199. The second kappa shape index (κ2) is 7.26. The normalized spacial score (nSPS) is 11.4. The first-order valence-corrected chi connectivity index (χ1v) is 6.95. The van der Waals surface area contributed by atoms with E-state index in [4.69, 9.17) is 4.74 Å². The molecule has 0 aliphatic heterocycles. The van der Waals surface area contributed by atoms with Crippen LogP contribution < -0.4 is 15.4 Å². The zero-order valence-corrected chi connectivity index (χ0v) is 12.5. The zero-order valence-electron chi connectivity index (χ0n) is 12.5. The van der Waals surface area contributed by atoms with Crippen LogP contribution in [0, 0.1) is 0 Å². The lowest BCUT2D eigenvalue weighted by Crippen LogP contribution is -2.30. The van der Waals surface area contributed by atoms with Gasteiger partial charge in [0.25, 0.3) is 5.91 Å². The fourth-order valence-electron chi connectivity index (χ4n) is 1.88. The van der Waals surface area contributed by atoms with E-state index in [0.717, 1.165) is 0 Å². The van der Waals surface area contributed by atoms with Gasteiger partial charge < -0.3 is 15.4 Å². The van der Waals surface area contributed by atoms with Crippen LogP contribution in [0.1, 0.15) is 13.8 Å². The molecule has 2 aromatic carbocycles. The van der Waals surface area contributed by atoms with Crippen LogP contribution in [0.25, 0.3) is 0 Å². The van der Waals surface area contributed by atoms with E-state index in [9.17, 15) is 9.59 Å². The molecule has 2 rings (SSSR count). The van der Waals surface area contributed by atoms with Gasteiger partial charge in [-0.1, -0.05) is 30.3 Å². The third kappa shape index (κ3) is 4.34. The molecular weight excluding hydrogens is 280 g/mol. The minimum Gasteiger partial charge on any atom is -0.481 e. The Morgan fingerprint density at radius 1 is 0.909 bits per heavy atom. The Morgan fingerprint density at radius 2 is 1.45 bits per heavy atom. The highest BCUT2D eigenvalue weighted by atomic mass is 16.5. The Kier molecular flexibility index (Phi) is 5.14. The highest BCUT2D eigenvalue weighted by molar-refractivity contribution is 6.00. The molecule has 0 radical (unpaired) electrons. The van der Waals surface area contributed by atoms with Crippen LogP contribution in [-0.4, -0.2) is 17.9 Å². The topological polar surface area (TPSA) is 67.4 Å². The number of nitrogens with one attached hydrogen (secondary N) is 2. The predicted molar refractivity (Wildman–Crippen MR) is 85.9 cm³/mol. The van der Waals surface area contributed by atoms with Crippen LogP contribution in [0.3, 0.4) is 0 Å². The first-order chi connectivity index (χ1) is 10.6. The molecule has 0 aromatic heterocycles. The number of carbonyl (C=O) groups is 2. The maximum absolute atomic E-state index is 12.2. The number of para-hydroxylation sites is 3. The Hall–Kier alpha value is -2.82. The largest absolute Gasteiger partial charge is 0.481 e. The van der Waals surface area contributed by atoms with Crippen molar-refractivity contribution >= 4 is 23.2 Å². The Morgan fingerprint density at radius 3 is 2.05 bits per heavy atom. The number of hydrogen-bond acceptors (Lipinski definition) is 3. The molecule has 5 nitrogen and oxygen atoms in total. The lowest BCUT2D eigenvalue weighted by molar-refractivity contribution is -0.122. The summed E-state index contributed by atoms with van der Waals surface area (Å²) in [7, 11) is 0. The molecule has 2 amide bonds. The van der Waals surface area contributed by atoms with Crippen molar-refractivity contribution in [1.29, 1.82) is 0 Å². The molecule has 0 aliphatic rings. The summed E-state index contributed by atoms with van der Waals surface area (Å²) in [6.45, 7) is 3.09. The van der Waals surface area contributed by atoms with E-state index < -0.39 is 6.10 Å². The van der Waals surface area contributed by atoms with E-state index in [2.05, 4.69) is 10.6 Å². The van der Waals surface area contributed by atoms with Gasteiger partial charge in [0.15, 0.2) is 6.10 Å². The third-order valence-electron chi connectivity index (χ3n) is 2.92. The second-order valence-electron chi connectivity index (χ2n) is 4.79. The van der Waals surface area contributed by atoms with Gasteiger partial charge in [-0.05, 0) is 31.2 Å². The van der Waals surface area contributed by atoms with E-state index in [0.29, 0.717) is 17.1 Å². The molecule has 5 heteroatoms. The molecule has 0 fully saturated rings. The summed E-state index contributed by atoms with van der Waals surface area (Å²) >= 11 is 0. The van der Waals surface area contributed by atoms with Gasteiger partial charge in [0.1, 0.15) is 5.75 Å². The smallest absolute Gasteiger partial charge is 0.265 e. The highest BCUT2D eigenvalue weighted by Gasteiger charge is 2.16. The van der Waals surface area contributed by atoms with Crippen LogP contribution in [0.5, 0.6) is 5.75 Å². The second-order valence-corrected chi connectivity index (χ2v) is 4.79. The molecule has 2 aromatic rings. The molecular formula is C17H18N2O3. The molecule has 2 N–H and O–H groups in total. The number of rotatable bonds is 5. The molecule has 1 atom stereocenters. The Bertz CT molecular complexity index is 656. The van der Waals surface area contributed by atoms with Crippen molar-refractivity contribution in [2.45, 2.75) is 20.0 Å². The Labute approximate surface area is 129 Å². The zero-order chi connectivity index (χ0) is 15.9. The van der Waals surface area contributed by atoms with Crippen LogP contribution >= 0.6 is 0 Å². The summed E-state index contributed by atoms with van der Waals surface area (Å²) in [5.74, 6) is 0.136. The predicted octanol–water partition coefficient (Wildman–Crippen LogP) is 3.05. The van der Waals surface area contributed by atoms with E-state index in [1.807, 2.05) is 18.2 Å². The number of hydrogen-bond donors (Lipinski definition) is 2. The average Bonchev–Trinajstić information content (AvgIpc) is 2.49. The summed E-state index contributed by atoms with van der Waals surface area (Å²) in [5.41, 5.74) is 1.08. The lowest BCUT2D eigenvalue weighted by Gasteiger charge is -2.16. The third-order valence-corrected chi connectivity index (χ3v) is 2.92. The molecule has 22 heavy (non-hydrogen) atoms. The SMILES string of the molecule is CC(=O)Nc1ccccc1NC(=O)[C@H](C)Oc1ccccc1. The molecule has 0 aliphatic carbocycles. The number of benzene rings is 2. The molecule has 0 saturated heterocycles. The van der Waals surface area contributed by atoms with Crippen molar-refractivity contribution in [2.75, 3.05) is 10.6 Å². The summed E-state index contributed by atoms with van der Waals surface area (Å²) in [5, 5.41) is 5.43. The van der Waals surface area contributed by atoms with Crippen molar-refractivity contribution in [3.8, 4) is 5.75 Å². The monoisotopic (exact) mass is 298 g/mol. The number of carbonyl (C=O) groups excluding carboxylic acids is 2. The summed E-state index contributed by atoms with van der Waals surface area (Å²) in [6, 6.07) is 16.1. The fraction of sp³-hybridized carbons (Fsp3) is 0.176. The van der Waals surface area contributed by atoms with Gasteiger partial charge >= 0.3 is 0 Å². The summed E-state index contributed by atoms with van der Waals surface area (Å²) in [4.78, 5) is 23.4. The van der Waals surface area contributed by atoms with E-state index >= 15 is 0 Å². The van der Waals surface area contributed by atoms with Gasteiger partial charge in [-0.3, -0.25) is 9.59 Å². The molecule has 0 spiro atoms. The minimum atomic E-state index is -0.659. The Balaban J connectivity index is 2.04. The number of ether oxygens (including phenoxy) is 1. The van der Waals surface area contributed by atoms with Crippen molar-refractivity contribution in [2.24, 2.45) is 0 Å².